The lowest BCUT2D eigenvalue weighted by Gasteiger charge is -2.24. The molecule has 1 aliphatic heterocycles. The fraction of sp³-hybridized carbons (Fsp3) is 0.333. The monoisotopic (exact) mass is 364 g/mol. The quantitative estimate of drug-likeness (QED) is 0.883. The predicted octanol–water partition coefficient (Wildman–Crippen LogP) is 3.40. The van der Waals surface area contributed by atoms with E-state index in [0.29, 0.717) is 22.3 Å². The summed E-state index contributed by atoms with van der Waals surface area (Å²) in [6, 6.07) is 9.27. The number of nitrogens with one attached hydrogen (secondary N) is 1. The maximum atomic E-state index is 12.2. The lowest BCUT2D eigenvalue weighted by molar-refractivity contribution is -0.117. The van der Waals surface area contributed by atoms with E-state index in [1.54, 1.807) is 18.3 Å². The van der Waals surface area contributed by atoms with Crippen molar-refractivity contribution in [3.63, 3.8) is 0 Å². The largest absolute Gasteiger partial charge is 0.371 e. The van der Waals surface area contributed by atoms with Crippen LogP contribution in [0.3, 0.4) is 0 Å². The first-order valence-electron chi connectivity index (χ1n) is 7.84. The molecule has 1 fully saturated rings. The van der Waals surface area contributed by atoms with Gasteiger partial charge in [0.05, 0.1) is 17.7 Å². The Kier molecular flexibility index (Phi) is 5.85. The third kappa shape index (κ3) is 4.54. The number of carbonyl (C=O) groups excluding carboxylic acids is 1. The third-order valence-electron chi connectivity index (χ3n) is 3.93. The molecular weight excluding hydrogens is 347 g/mol. The highest BCUT2D eigenvalue weighted by Crippen LogP contribution is 2.25. The van der Waals surface area contributed by atoms with Crippen molar-refractivity contribution in [2.75, 3.05) is 19.7 Å². The van der Waals surface area contributed by atoms with E-state index in [1.807, 2.05) is 18.2 Å². The van der Waals surface area contributed by atoms with Gasteiger partial charge in [-0.25, -0.2) is 0 Å². The highest BCUT2D eigenvalue weighted by Gasteiger charge is 2.17. The highest BCUT2D eigenvalue weighted by molar-refractivity contribution is 6.31. The van der Waals surface area contributed by atoms with Gasteiger partial charge in [0.2, 0.25) is 0 Å². The number of benzene rings is 1. The molecule has 4 nitrogen and oxygen atoms in total. The second-order valence-electron chi connectivity index (χ2n) is 5.77. The lowest BCUT2D eigenvalue weighted by atomic mass is 10.0. The molecule has 1 aromatic carbocycles. The van der Waals surface area contributed by atoms with Crippen molar-refractivity contribution in [1.82, 2.24) is 10.3 Å². The molecule has 0 saturated carbocycles. The number of rotatable bonds is 5. The maximum absolute atomic E-state index is 12.2. The molecule has 0 aliphatic carbocycles. The zero-order valence-electron chi connectivity index (χ0n) is 13.1. The first-order valence-corrected chi connectivity index (χ1v) is 8.60. The number of nitrogens with zero attached hydrogens (tertiary/aromatic N) is 1. The van der Waals surface area contributed by atoms with Crippen LogP contribution in [0.15, 0.2) is 36.5 Å². The average Bonchev–Trinajstić information content (AvgIpc) is 2.59. The van der Waals surface area contributed by atoms with Crippen LogP contribution in [0, 0.1) is 0 Å². The molecule has 0 radical (unpaired) electrons. The normalized spacial score (nSPS) is 17.7. The third-order valence-corrected chi connectivity index (χ3v) is 4.51. The van der Waals surface area contributed by atoms with Crippen LogP contribution in [0.5, 0.6) is 0 Å². The van der Waals surface area contributed by atoms with E-state index in [0.717, 1.165) is 24.2 Å². The van der Waals surface area contributed by atoms with Crippen molar-refractivity contribution in [3.05, 3.63) is 63.4 Å². The Balaban J connectivity index is 1.64. The zero-order chi connectivity index (χ0) is 16.9. The average molecular weight is 365 g/mol. The van der Waals surface area contributed by atoms with E-state index in [4.69, 9.17) is 27.9 Å². The summed E-state index contributed by atoms with van der Waals surface area (Å²) in [5.74, 6) is 0.0649. The molecule has 0 spiro atoms. The Morgan fingerprint density at radius 3 is 2.79 bits per heavy atom. The zero-order valence-corrected chi connectivity index (χ0v) is 14.6. The first-order chi connectivity index (χ1) is 11.6. The van der Waals surface area contributed by atoms with E-state index >= 15 is 0 Å². The van der Waals surface area contributed by atoms with Gasteiger partial charge in [0.1, 0.15) is 5.78 Å². The molecule has 1 aromatic heterocycles. The number of ketones is 1. The van der Waals surface area contributed by atoms with Crippen LogP contribution in [0.2, 0.25) is 10.0 Å². The van der Waals surface area contributed by atoms with Crippen LogP contribution >= 0.6 is 23.2 Å². The van der Waals surface area contributed by atoms with Crippen LogP contribution in [-0.4, -0.2) is 30.5 Å². The first kappa shape index (κ1) is 17.4. The summed E-state index contributed by atoms with van der Waals surface area (Å²) in [6.07, 6.45) is 2.11. The SMILES string of the molecule is O=C(Cc1ccc(Cl)cn1)Cc1ccc([C@@H]2CNCCO2)cc1Cl. The summed E-state index contributed by atoms with van der Waals surface area (Å²) in [4.78, 5) is 16.4. The van der Waals surface area contributed by atoms with Crippen LogP contribution in [0.1, 0.15) is 22.9 Å². The summed E-state index contributed by atoms with van der Waals surface area (Å²) in [6.45, 7) is 2.34. The topological polar surface area (TPSA) is 51.2 Å². The van der Waals surface area contributed by atoms with E-state index in [9.17, 15) is 4.79 Å². The van der Waals surface area contributed by atoms with Crippen molar-refractivity contribution in [1.29, 1.82) is 0 Å². The van der Waals surface area contributed by atoms with Gasteiger partial charge >= 0.3 is 0 Å². The smallest absolute Gasteiger partial charge is 0.143 e. The van der Waals surface area contributed by atoms with Crippen molar-refractivity contribution in [2.24, 2.45) is 0 Å². The molecule has 24 heavy (non-hydrogen) atoms. The minimum Gasteiger partial charge on any atom is -0.371 e. The Morgan fingerprint density at radius 2 is 2.12 bits per heavy atom. The van der Waals surface area contributed by atoms with Crippen LogP contribution in [0.25, 0.3) is 0 Å². The van der Waals surface area contributed by atoms with Crippen LogP contribution < -0.4 is 5.32 Å². The fourth-order valence-electron chi connectivity index (χ4n) is 2.67. The van der Waals surface area contributed by atoms with Crippen molar-refractivity contribution in [2.45, 2.75) is 18.9 Å². The van der Waals surface area contributed by atoms with Gasteiger partial charge in [0.15, 0.2) is 0 Å². The molecule has 126 valence electrons. The molecule has 0 amide bonds. The van der Waals surface area contributed by atoms with Gasteiger partial charge < -0.3 is 10.1 Å². The minimum absolute atomic E-state index is 0.0132. The summed E-state index contributed by atoms with van der Waals surface area (Å²) in [7, 11) is 0. The molecule has 0 bridgehead atoms. The molecule has 1 N–H and O–H groups in total. The number of halogens is 2. The molecule has 3 rings (SSSR count). The van der Waals surface area contributed by atoms with Gasteiger partial charge in [-0.05, 0) is 29.3 Å². The predicted molar refractivity (Wildman–Crippen MR) is 94.7 cm³/mol. The number of ether oxygens (including phenoxy) is 1. The minimum atomic E-state index is 0.0132. The number of carbonyl (C=O) groups is 1. The molecule has 2 aromatic rings. The fourth-order valence-corrected chi connectivity index (χ4v) is 3.04. The number of morpholine rings is 1. The molecule has 6 heteroatoms. The summed E-state index contributed by atoms with van der Waals surface area (Å²) < 4.78 is 5.72. The second-order valence-corrected chi connectivity index (χ2v) is 6.62. The Bertz CT molecular complexity index is 713. The molecule has 0 unspecified atom stereocenters. The van der Waals surface area contributed by atoms with Gasteiger partial charge in [-0.3, -0.25) is 9.78 Å². The Hall–Kier alpha value is -1.46. The molecular formula is C18H18Cl2N2O2. The molecule has 1 saturated heterocycles. The number of Topliss-reactive ketones (excluding diaryl/α,β-unsaturated/α-hetero) is 1. The Morgan fingerprint density at radius 1 is 1.25 bits per heavy atom. The number of hydrogen-bond acceptors (Lipinski definition) is 4. The van der Waals surface area contributed by atoms with E-state index in [-0.39, 0.29) is 24.7 Å². The van der Waals surface area contributed by atoms with Gasteiger partial charge in [0, 0.05) is 42.8 Å². The lowest BCUT2D eigenvalue weighted by Crippen LogP contribution is -2.33. The number of pyridine rings is 1. The van der Waals surface area contributed by atoms with Crippen molar-refractivity contribution < 1.29 is 9.53 Å². The molecule has 1 atom stereocenters. The second kappa shape index (κ2) is 8.08. The summed E-state index contributed by atoms with van der Waals surface area (Å²) in [5, 5.41) is 4.45. The van der Waals surface area contributed by atoms with Gasteiger partial charge in [-0.15, -0.1) is 0 Å². The van der Waals surface area contributed by atoms with E-state index in [1.165, 1.54) is 0 Å². The number of hydrogen-bond donors (Lipinski definition) is 1. The van der Waals surface area contributed by atoms with Gasteiger partial charge in [-0.2, -0.15) is 0 Å². The summed E-state index contributed by atoms with van der Waals surface area (Å²) >= 11 is 12.2. The van der Waals surface area contributed by atoms with Crippen molar-refractivity contribution in [3.8, 4) is 0 Å². The molecule has 1 aliphatic rings. The Labute approximate surface area is 151 Å². The summed E-state index contributed by atoms with van der Waals surface area (Å²) in [5.41, 5.74) is 2.56. The van der Waals surface area contributed by atoms with E-state index in [2.05, 4.69) is 10.3 Å². The van der Waals surface area contributed by atoms with Gasteiger partial charge in [-0.1, -0.05) is 35.3 Å². The van der Waals surface area contributed by atoms with Gasteiger partial charge in [0.25, 0.3) is 0 Å². The van der Waals surface area contributed by atoms with Crippen LogP contribution in [-0.2, 0) is 22.4 Å². The molecule has 2 heterocycles. The maximum Gasteiger partial charge on any atom is 0.143 e. The standard InChI is InChI=1S/C18H18Cl2N2O2/c19-14-3-4-15(22-10-14)9-16(23)7-12-1-2-13(8-17(12)20)18-11-21-5-6-24-18/h1-4,8,10,18,21H,5-7,9,11H2/t18-/m0/s1. The number of aromatic nitrogens is 1. The van der Waals surface area contributed by atoms with Crippen LogP contribution in [0.4, 0.5) is 0 Å². The van der Waals surface area contributed by atoms with E-state index < -0.39 is 0 Å². The highest BCUT2D eigenvalue weighted by atomic mass is 35.5. The van der Waals surface area contributed by atoms with Crippen molar-refractivity contribution >= 4 is 29.0 Å².